The average Bonchev–Trinajstić information content (AvgIpc) is 3.22. The van der Waals surface area contributed by atoms with E-state index in [9.17, 15) is 0 Å². The molecule has 1 saturated heterocycles. The van der Waals surface area contributed by atoms with E-state index in [0.29, 0.717) is 0 Å². The molecule has 0 unspecified atom stereocenters. The van der Waals surface area contributed by atoms with Gasteiger partial charge in [0.25, 0.3) is 0 Å². The fourth-order valence-electron chi connectivity index (χ4n) is 2.83. The molecule has 0 amide bonds. The third-order valence-electron chi connectivity index (χ3n) is 4.36. The van der Waals surface area contributed by atoms with Gasteiger partial charge in [-0.25, -0.2) is 4.98 Å². The molecule has 4 rings (SSSR count). The molecule has 0 bridgehead atoms. The number of aryl methyl sites for hydroxylation is 1. The average molecular weight is 358 g/mol. The Kier molecular flexibility index (Phi) is 3.82. The third-order valence-corrected chi connectivity index (χ3v) is 5.14. The maximum absolute atomic E-state index is 4.73. The molecule has 4 heterocycles. The summed E-state index contributed by atoms with van der Waals surface area (Å²) >= 11 is 1.49. The fourth-order valence-corrected chi connectivity index (χ4v) is 3.74. The molecule has 25 heavy (non-hydrogen) atoms. The van der Waals surface area contributed by atoms with Crippen molar-refractivity contribution in [1.82, 2.24) is 29.2 Å². The Hall–Kier alpha value is -2.29. The molecule has 1 aliphatic heterocycles. The van der Waals surface area contributed by atoms with Crippen molar-refractivity contribution in [1.29, 1.82) is 0 Å². The fraction of sp³-hybridized carbons (Fsp3) is 0.562. The van der Waals surface area contributed by atoms with Crippen LogP contribution in [0.1, 0.15) is 32.4 Å². The van der Waals surface area contributed by atoms with E-state index in [4.69, 9.17) is 4.98 Å². The van der Waals surface area contributed by atoms with Gasteiger partial charge in [0.1, 0.15) is 11.6 Å². The first-order chi connectivity index (χ1) is 11.9. The highest BCUT2D eigenvalue weighted by molar-refractivity contribution is 7.09. The number of nitrogens with zero attached hydrogens (tertiary/aromatic N) is 8. The zero-order chi connectivity index (χ0) is 17.6. The van der Waals surface area contributed by atoms with E-state index in [-0.39, 0.29) is 5.41 Å². The molecule has 0 aliphatic carbocycles. The van der Waals surface area contributed by atoms with Crippen LogP contribution in [0.2, 0.25) is 0 Å². The molecule has 0 N–H and O–H groups in total. The summed E-state index contributed by atoms with van der Waals surface area (Å²) in [7, 11) is 0. The minimum Gasteiger partial charge on any atom is -0.352 e. The summed E-state index contributed by atoms with van der Waals surface area (Å²) < 4.78 is 6.32. The summed E-state index contributed by atoms with van der Waals surface area (Å²) in [5, 5.41) is 13.8. The van der Waals surface area contributed by atoms with Crippen LogP contribution in [0.3, 0.4) is 0 Å². The van der Waals surface area contributed by atoms with Gasteiger partial charge in [-0.15, -0.1) is 15.3 Å². The molecule has 1 fully saturated rings. The molecule has 0 aromatic carbocycles. The number of rotatable bonds is 2. The normalized spacial score (nSPS) is 16.0. The van der Waals surface area contributed by atoms with E-state index in [0.717, 1.165) is 54.4 Å². The Bertz CT molecular complexity index is 885. The van der Waals surface area contributed by atoms with Gasteiger partial charge in [0.05, 0.1) is 0 Å². The lowest BCUT2D eigenvalue weighted by atomic mass is 9.96. The maximum atomic E-state index is 4.73. The minimum absolute atomic E-state index is 0.00734. The van der Waals surface area contributed by atoms with Crippen molar-refractivity contribution in [3.8, 4) is 0 Å². The van der Waals surface area contributed by atoms with Crippen molar-refractivity contribution in [2.75, 3.05) is 36.0 Å². The van der Waals surface area contributed by atoms with Crippen LogP contribution >= 0.6 is 11.5 Å². The van der Waals surface area contributed by atoms with Crippen molar-refractivity contribution < 1.29 is 0 Å². The quantitative estimate of drug-likeness (QED) is 0.692. The van der Waals surface area contributed by atoms with Gasteiger partial charge in [-0.3, -0.25) is 0 Å². The van der Waals surface area contributed by atoms with Crippen LogP contribution in [-0.2, 0) is 5.41 Å². The Morgan fingerprint density at radius 3 is 2.40 bits per heavy atom. The van der Waals surface area contributed by atoms with E-state index in [2.05, 4.69) is 50.2 Å². The Labute approximate surface area is 150 Å². The smallest absolute Gasteiger partial charge is 0.205 e. The lowest BCUT2D eigenvalue weighted by molar-refractivity contribution is 0.552. The van der Waals surface area contributed by atoms with E-state index in [1.807, 2.05) is 19.1 Å². The standard InChI is InChI=1S/C16H22N8S/c1-11-18-19-12-5-6-13(20-24(11)12)22-7-9-23(10-8-22)15-17-14(21-25-15)16(2,3)4/h5-6H,7-10H2,1-4H3. The predicted molar refractivity (Wildman–Crippen MR) is 98.6 cm³/mol. The molecule has 3 aromatic heterocycles. The topological polar surface area (TPSA) is 75.3 Å². The summed E-state index contributed by atoms with van der Waals surface area (Å²) in [6.07, 6.45) is 0. The molecular formula is C16H22N8S. The van der Waals surface area contributed by atoms with E-state index < -0.39 is 0 Å². The number of anilines is 2. The number of aromatic nitrogens is 6. The number of piperazine rings is 1. The lowest BCUT2D eigenvalue weighted by Gasteiger charge is -2.34. The molecule has 3 aromatic rings. The van der Waals surface area contributed by atoms with Crippen LogP contribution in [0.15, 0.2) is 12.1 Å². The van der Waals surface area contributed by atoms with Gasteiger partial charge in [-0.1, -0.05) is 20.8 Å². The third kappa shape index (κ3) is 3.04. The minimum atomic E-state index is -0.00734. The largest absolute Gasteiger partial charge is 0.352 e. The second-order valence-corrected chi connectivity index (χ2v) is 8.06. The lowest BCUT2D eigenvalue weighted by Crippen LogP contribution is -2.47. The first-order valence-electron chi connectivity index (χ1n) is 8.45. The SMILES string of the molecule is Cc1nnc2ccc(N3CCN(c4nc(C(C)(C)C)ns4)CC3)nn12. The van der Waals surface area contributed by atoms with Crippen LogP contribution < -0.4 is 9.80 Å². The highest BCUT2D eigenvalue weighted by Gasteiger charge is 2.24. The first kappa shape index (κ1) is 16.2. The number of hydrogen-bond acceptors (Lipinski definition) is 8. The van der Waals surface area contributed by atoms with Crippen LogP contribution in [0.4, 0.5) is 10.9 Å². The molecule has 0 spiro atoms. The van der Waals surface area contributed by atoms with Crippen LogP contribution in [0.25, 0.3) is 5.65 Å². The summed E-state index contributed by atoms with van der Waals surface area (Å²) in [6, 6.07) is 3.98. The molecule has 8 nitrogen and oxygen atoms in total. The van der Waals surface area contributed by atoms with E-state index in [1.165, 1.54) is 11.5 Å². The van der Waals surface area contributed by atoms with E-state index in [1.54, 1.807) is 4.52 Å². The van der Waals surface area contributed by atoms with Crippen LogP contribution in [0.5, 0.6) is 0 Å². The molecule has 9 heteroatoms. The highest BCUT2D eigenvalue weighted by Crippen LogP contribution is 2.26. The van der Waals surface area contributed by atoms with Crippen molar-refractivity contribution in [2.45, 2.75) is 33.1 Å². The van der Waals surface area contributed by atoms with Gasteiger partial charge < -0.3 is 9.80 Å². The summed E-state index contributed by atoms with van der Waals surface area (Å²) in [5.41, 5.74) is 0.774. The van der Waals surface area contributed by atoms with Crippen molar-refractivity contribution in [3.05, 3.63) is 23.8 Å². The van der Waals surface area contributed by atoms with Gasteiger partial charge in [0, 0.05) is 43.1 Å². The Morgan fingerprint density at radius 2 is 1.72 bits per heavy atom. The second-order valence-electron chi connectivity index (χ2n) is 7.33. The Balaban J connectivity index is 1.47. The zero-order valence-electron chi connectivity index (χ0n) is 15.0. The first-order valence-corrected chi connectivity index (χ1v) is 9.22. The highest BCUT2D eigenvalue weighted by atomic mass is 32.1. The van der Waals surface area contributed by atoms with Crippen molar-refractivity contribution >= 4 is 28.1 Å². The Morgan fingerprint density at radius 1 is 1.00 bits per heavy atom. The monoisotopic (exact) mass is 358 g/mol. The van der Waals surface area contributed by atoms with E-state index >= 15 is 0 Å². The van der Waals surface area contributed by atoms with Gasteiger partial charge >= 0.3 is 0 Å². The summed E-state index contributed by atoms with van der Waals surface area (Å²) in [5.74, 6) is 2.69. The molecule has 0 radical (unpaired) electrons. The molecular weight excluding hydrogens is 336 g/mol. The van der Waals surface area contributed by atoms with Gasteiger partial charge in [0.15, 0.2) is 11.5 Å². The van der Waals surface area contributed by atoms with Crippen molar-refractivity contribution in [3.63, 3.8) is 0 Å². The zero-order valence-corrected chi connectivity index (χ0v) is 15.8. The molecule has 1 aliphatic rings. The predicted octanol–water partition coefficient (Wildman–Crippen LogP) is 1.91. The van der Waals surface area contributed by atoms with Gasteiger partial charge in [-0.2, -0.15) is 8.89 Å². The van der Waals surface area contributed by atoms with Crippen molar-refractivity contribution in [2.24, 2.45) is 0 Å². The van der Waals surface area contributed by atoms with Crippen LogP contribution in [0, 0.1) is 6.92 Å². The van der Waals surface area contributed by atoms with Gasteiger partial charge in [-0.05, 0) is 19.1 Å². The number of fused-ring (bicyclic) bond motifs is 1. The maximum Gasteiger partial charge on any atom is 0.205 e. The summed E-state index contributed by atoms with van der Waals surface area (Å²) in [6.45, 7) is 12.0. The number of hydrogen-bond donors (Lipinski definition) is 0. The second kappa shape index (κ2) is 5.91. The van der Waals surface area contributed by atoms with Crippen LogP contribution in [-0.4, -0.2) is 55.3 Å². The summed E-state index contributed by atoms with van der Waals surface area (Å²) in [4.78, 5) is 9.33. The molecule has 132 valence electrons. The molecule has 0 atom stereocenters. The molecule has 0 saturated carbocycles. The van der Waals surface area contributed by atoms with Gasteiger partial charge in [0.2, 0.25) is 5.13 Å².